The van der Waals surface area contributed by atoms with E-state index in [1.54, 1.807) is 6.92 Å². The van der Waals surface area contributed by atoms with E-state index in [0.29, 0.717) is 6.42 Å². The fourth-order valence-corrected chi connectivity index (χ4v) is 0. The van der Waals surface area contributed by atoms with Gasteiger partial charge >= 0.3 is 0 Å². The van der Waals surface area contributed by atoms with Gasteiger partial charge in [-0.1, -0.05) is 6.92 Å². The van der Waals surface area contributed by atoms with Crippen molar-refractivity contribution in [3.05, 3.63) is 0 Å². The van der Waals surface area contributed by atoms with Crippen molar-refractivity contribution in [2.24, 2.45) is 0 Å². The van der Waals surface area contributed by atoms with Crippen molar-refractivity contribution in [3.8, 4) is 0 Å². The second-order valence-electron chi connectivity index (χ2n) is 1.06. The van der Waals surface area contributed by atoms with Gasteiger partial charge in [0.25, 0.3) is 0 Å². The number of ketones is 1. The Morgan fingerprint density at radius 1 is 1.43 bits per heavy atom. The van der Waals surface area contributed by atoms with Gasteiger partial charge in [-0.3, -0.25) is 0 Å². The van der Waals surface area contributed by atoms with Crippen LogP contribution in [0.4, 0.5) is 0 Å². The van der Waals surface area contributed by atoms with Gasteiger partial charge in [-0.05, 0) is 6.92 Å². The van der Waals surface area contributed by atoms with Crippen molar-refractivity contribution in [1.29, 1.82) is 0 Å². The number of carbonyl (C=O) groups is 1. The molecule has 0 aromatic heterocycles. The third-order valence-electron chi connectivity index (χ3n) is 0.498. The molecular formula is C4H8Na2O. The summed E-state index contributed by atoms with van der Waals surface area (Å²) in [6.45, 7) is 3.43. The van der Waals surface area contributed by atoms with E-state index in [9.17, 15) is 4.79 Å². The summed E-state index contributed by atoms with van der Waals surface area (Å²) < 4.78 is 0. The first-order valence-corrected chi connectivity index (χ1v) is 1.76. The SMILES string of the molecule is CCC(C)=O.[Na].[Na]. The molecule has 1 nitrogen and oxygen atoms in total. The van der Waals surface area contributed by atoms with Gasteiger partial charge in [-0.25, -0.2) is 0 Å². The molecule has 0 N–H and O–H groups in total. The molecule has 0 amide bonds. The second-order valence-corrected chi connectivity index (χ2v) is 1.06. The van der Waals surface area contributed by atoms with E-state index in [-0.39, 0.29) is 64.9 Å². The summed E-state index contributed by atoms with van der Waals surface area (Å²) >= 11 is 0. The zero-order valence-electron chi connectivity index (χ0n) is 5.62. The molecule has 0 saturated carbocycles. The summed E-state index contributed by atoms with van der Waals surface area (Å²) in [6.07, 6.45) is 0.667. The maximum Gasteiger partial charge on any atom is 0.129 e. The topological polar surface area (TPSA) is 17.1 Å². The first-order valence-electron chi connectivity index (χ1n) is 1.76. The van der Waals surface area contributed by atoms with Gasteiger partial charge in [0.1, 0.15) is 5.78 Å². The second kappa shape index (κ2) is 10.6. The Morgan fingerprint density at radius 3 is 1.57 bits per heavy atom. The van der Waals surface area contributed by atoms with Crippen LogP contribution in [0.3, 0.4) is 0 Å². The van der Waals surface area contributed by atoms with Crippen molar-refractivity contribution in [2.75, 3.05) is 0 Å². The molecule has 2 radical (unpaired) electrons. The molecular weight excluding hydrogens is 110 g/mol. The fraction of sp³-hybridized carbons (Fsp3) is 0.750. The van der Waals surface area contributed by atoms with Gasteiger partial charge in [0, 0.05) is 65.5 Å². The Bertz CT molecular complexity index is 45.0. The minimum Gasteiger partial charge on any atom is -0.300 e. The fourth-order valence-electron chi connectivity index (χ4n) is 0. The first kappa shape index (κ1) is 15.9. The standard InChI is InChI=1S/C4H8O.2Na/c1-3-4(2)5;;/h3H2,1-2H3;;. The van der Waals surface area contributed by atoms with Crippen LogP contribution in [0.5, 0.6) is 0 Å². The van der Waals surface area contributed by atoms with E-state index in [4.69, 9.17) is 0 Å². The maximum absolute atomic E-state index is 9.81. The molecule has 0 aromatic rings. The Kier molecular flexibility index (Phi) is 24.1. The molecule has 0 atom stereocenters. The molecule has 0 bridgehead atoms. The van der Waals surface area contributed by atoms with Crippen LogP contribution in [0, 0.1) is 0 Å². The van der Waals surface area contributed by atoms with Gasteiger partial charge in [-0.2, -0.15) is 0 Å². The molecule has 32 valence electrons. The molecule has 0 heterocycles. The first-order chi connectivity index (χ1) is 2.27. The molecule has 0 aliphatic heterocycles. The van der Waals surface area contributed by atoms with Crippen LogP contribution in [-0.4, -0.2) is 64.9 Å². The minimum absolute atomic E-state index is 0. The smallest absolute Gasteiger partial charge is 0.129 e. The molecule has 0 aliphatic rings. The van der Waals surface area contributed by atoms with Gasteiger partial charge in [-0.15, -0.1) is 0 Å². The van der Waals surface area contributed by atoms with Crippen LogP contribution in [0.1, 0.15) is 20.3 Å². The number of hydrogen-bond acceptors (Lipinski definition) is 1. The van der Waals surface area contributed by atoms with Crippen LogP contribution >= 0.6 is 0 Å². The van der Waals surface area contributed by atoms with Gasteiger partial charge in [0.15, 0.2) is 0 Å². The molecule has 7 heavy (non-hydrogen) atoms. The van der Waals surface area contributed by atoms with Crippen LogP contribution in [0.2, 0.25) is 0 Å². The molecule has 0 unspecified atom stereocenters. The summed E-state index contributed by atoms with van der Waals surface area (Å²) in [4.78, 5) is 9.81. The minimum atomic E-state index is 0. The van der Waals surface area contributed by atoms with Crippen molar-refractivity contribution in [2.45, 2.75) is 20.3 Å². The van der Waals surface area contributed by atoms with E-state index in [2.05, 4.69) is 0 Å². The van der Waals surface area contributed by atoms with Gasteiger partial charge < -0.3 is 4.79 Å². The normalized spacial score (nSPS) is 5.43. The Morgan fingerprint density at radius 2 is 1.57 bits per heavy atom. The van der Waals surface area contributed by atoms with E-state index >= 15 is 0 Å². The number of carbonyl (C=O) groups excluding carboxylic acids is 1. The Hall–Kier alpha value is 1.67. The van der Waals surface area contributed by atoms with Crippen LogP contribution in [0.25, 0.3) is 0 Å². The van der Waals surface area contributed by atoms with E-state index in [1.807, 2.05) is 6.92 Å². The number of rotatable bonds is 1. The van der Waals surface area contributed by atoms with Crippen molar-refractivity contribution in [1.82, 2.24) is 0 Å². The third-order valence-corrected chi connectivity index (χ3v) is 0.498. The Balaban J connectivity index is -0.0000000800. The summed E-state index contributed by atoms with van der Waals surface area (Å²) in [6, 6.07) is 0. The molecule has 3 heteroatoms. The monoisotopic (exact) mass is 118 g/mol. The molecule has 0 fully saturated rings. The predicted molar refractivity (Wildman–Crippen MR) is 32.5 cm³/mol. The van der Waals surface area contributed by atoms with Crippen LogP contribution in [0.15, 0.2) is 0 Å². The molecule has 0 aliphatic carbocycles. The Labute approximate surface area is 88.8 Å². The molecule has 0 rings (SSSR count). The van der Waals surface area contributed by atoms with Crippen molar-refractivity contribution >= 4 is 64.9 Å². The van der Waals surface area contributed by atoms with E-state index in [1.165, 1.54) is 0 Å². The van der Waals surface area contributed by atoms with Crippen LogP contribution < -0.4 is 0 Å². The third kappa shape index (κ3) is 18.3. The van der Waals surface area contributed by atoms with Crippen molar-refractivity contribution in [3.63, 3.8) is 0 Å². The zero-order valence-corrected chi connectivity index (χ0v) is 9.62. The summed E-state index contributed by atoms with van der Waals surface area (Å²) in [5.41, 5.74) is 0. The van der Waals surface area contributed by atoms with Gasteiger partial charge in [0.2, 0.25) is 0 Å². The van der Waals surface area contributed by atoms with E-state index in [0.717, 1.165) is 0 Å². The average molecular weight is 118 g/mol. The van der Waals surface area contributed by atoms with E-state index < -0.39 is 0 Å². The molecule has 0 spiro atoms. The number of hydrogen-bond donors (Lipinski definition) is 0. The average Bonchev–Trinajstić information content (AvgIpc) is 1.38. The molecule has 0 aromatic carbocycles. The number of Topliss-reactive ketones (excluding diaryl/α,β-unsaturated/α-hetero) is 1. The predicted octanol–water partition coefficient (Wildman–Crippen LogP) is 0.224. The zero-order chi connectivity index (χ0) is 4.28. The largest absolute Gasteiger partial charge is 0.300 e. The summed E-state index contributed by atoms with van der Waals surface area (Å²) in [5, 5.41) is 0. The maximum atomic E-state index is 9.81. The summed E-state index contributed by atoms with van der Waals surface area (Å²) in [5.74, 6) is 0.255. The van der Waals surface area contributed by atoms with Crippen LogP contribution in [-0.2, 0) is 4.79 Å². The van der Waals surface area contributed by atoms with Gasteiger partial charge in [0.05, 0.1) is 0 Å². The van der Waals surface area contributed by atoms with Crippen molar-refractivity contribution < 1.29 is 4.79 Å². The molecule has 0 saturated heterocycles. The quantitative estimate of drug-likeness (QED) is 0.450. The summed E-state index contributed by atoms with van der Waals surface area (Å²) in [7, 11) is 0.